The molecule has 0 spiro atoms. The molecule has 1 unspecified atom stereocenters. The van der Waals surface area contributed by atoms with Crippen LogP contribution in [0.4, 0.5) is 5.69 Å². The van der Waals surface area contributed by atoms with Gasteiger partial charge in [0.1, 0.15) is 0 Å². The molecule has 1 aliphatic rings. The summed E-state index contributed by atoms with van der Waals surface area (Å²) in [4.78, 5) is 4.29. The first-order valence-corrected chi connectivity index (χ1v) is 6.94. The highest BCUT2D eigenvalue weighted by atomic mass is 16.5. The zero-order valence-corrected chi connectivity index (χ0v) is 11.7. The van der Waals surface area contributed by atoms with Crippen molar-refractivity contribution in [2.75, 3.05) is 11.9 Å². The summed E-state index contributed by atoms with van der Waals surface area (Å²) in [6.45, 7) is 7.35. The molecule has 1 fully saturated rings. The van der Waals surface area contributed by atoms with Crippen LogP contribution in [0.5, 0.6) is 5.88 Å². The second kappa shape index (κ2) is 5.59. The number of pyridine rings is 1. The van der Waals surface area contributed by atoms with Gasteiger partial charge < -0.3 is 10.1 Å². The van der Waals surface area contributed by atoms with Gasteiger partial charge in [-0.1, -0.05) is 20.3 Å². The fraction of sp³-hybridized carbons (Fsp3) is 0.667. The average Bonchev–Trinajstić information content (AvgIpc) is 2.31. The predicted octanol–water partition coefficient (Wildman–Crippen LogP) is 3.86. The Labute approximate surface area is 110 Å². The Morgan fingerprint density at radius 2 is 2.28 bits per heavy atom. The Kier molecular flexibility index (Phi) is 4.10. The van der Waals surface area contributed by atoms with E-state index in [9.17, 15) is 0 Å². The van der Waals surface area contributed by atoms with Gasteiger partial charge in [-0.25, -0.2) is 4.98 Å². The number of ether oxygens (including phenoxy) is 1. The van der Waals surface area contributed by atoms with Gasteiger partial charge in [-0.2, -0.15) is 0 Å². The van der Waals surface area contributed by atoms with Crippen molar-refractivity contribution in [2.24, 2.45) is 5.41 Å². The molecular weight excluding hydrogens is 224 g/mol. The first-order valence-electron chi connectivity index (χ1n) is 6.94. The molecule has 1 atom stereocenters. The average molecular weight is 248 g/mol. The highest BCUT2D eigenvalue weighted by Crippen LogP contribution is 2.36. The maximum atomic E-state index is 5.35. The fourth-order valence-corrected chi connectivity index (χ4v) is 2.76. The summed E-state index contributed by atoms with van der Waals surface area (Å²) in [5.41, 5.74) is 1.57. The molecule has 1 N–H and O–H groups in total. The maximum Gasteiger partial charge on any atom is 0.213 e. The van der Waals surface area contributed by atoms with Crippen molar-refractivity contribution in [3.63, 3.8) is 0 Å². The van der Waals surface area contributed by atoms with Gasteiger partial charge in [0.25, 0.3) is 0 Å². The van der Waals surface area contributed by atoms with Crippen molar-refractivity contribution in [1.29, 1.82) is 0 Å². The summed E-state index contributed by atoms with van der Waals surface area (Å²) in [6, 6.07) is 4.56. The van der Waals surface area contributed by atoms with Crippen LogP contribution in [0.3, 0.4) is 0 Å². The molecule has 0 bridgehead atoms. The molecule has 3 heteroatoms. The molecule has 2 rings (SSSR count). The monoisotopic (exact) mass is 248 g/mol. The lowest BCUT2D eigenvalue weighted by atomic mass is 9.75. The molecule has 100 valence electrons. The van der Waals surface area contributed by atoms with E-state index in [-0.39, 0.29) is 0 Å². The molecule has 1 aliphatic carbocycles. The molecule has 1 saturated carbocycles. The Bertz CT molecular complexity index is 373. The zero-order chi connectivity index (χ0) is 13.0. The van der Waals surface area contributed by atoms with Gasteiger partial charge in [0.15, 0.2) is 0 Å². The lowest BCUT2D eigenvalue weighted by Gasteiger charge is -2.36. The molecule has 3 nitrogen and oxygen atoms in total. The van der Waals surface area contributed by atoms with Gasteiger partial charge >= 0.3 is 0 Å². The normalized spacial score (nSPS) is 22.5. The third-order valence-electron chi connectivity index (χ3n) is 3.60. The molecule has 0 saturated heterocycles. The van der Waals surface area contributed by atoms with Crippen molar-refractivity contribution >= 4 is 5.69 Å². The van der Waals surface area contributed by atoms with Gasteiger partial charge in [-0.15, -0.1) is 0 Å². The smallest absolute Gasteiger partial charge is 0.213 e. The van der Waals surface area contributed by atoms with Crippen LogP contribution in [0.1, 0.15) is 46.5 Å². The fourth-order valence-electron chi connectivity index (χ4n) is 2.76. The van der Waals surface area contributed by atoms with E-state index < -0.39 is 0 Å². The number of hydrogen-bond donors (Lipinski definition) is 1. The maximum absolute atomic E-state index is 5.35. The van der Waals surface area contributed by atoms with Crippen molar-refractivity contribution in [3.05, 3.63) is 18.3 Å². The van der Waals surface area contributed by atoms with Crippen LogP contribution in [-0.2, 0) is 0 Å². The van der Waals surface area contributed by atoms with Crippen LogP contribution in [0, 0.1) is 5.41 Å². The Hall–Kier alpha value is -1.25. The minimum atomic E-state index is 0.467. The number of anilines is 1. The topological polar surface area (TPSA) is 34.1 Å². The summed E-state index contributed by atoms with van der Waals surface area (Å²) in [5, 5.41) is 3.59. The highest BCUT2D eigenvalue weighted by Gasteiger charge is 2.27. The number of nitrogens with zero attached hydrogens (tertiary/aromatic N) is 1. The first-order chi connectivity index (χ1) is 8.59. The van der Waals surface area contributed by atoms with E-state index in [0.29, 0.717) is 23.9 Å². The molecule has 1 aromatic rings. The van der Waals surface area contributed by atoms with Crippen molar-refractivity contribution in [3.8, 4) is 5.88 Å². The van der Waals surface area contributed by atoms with E-state index in [2.05, 4.69) is 30.2 Å². The largest absolute Gasteiger partial charge is 0.478 e. The molecule has 1 heterocycles. The quantitative estimate of drug-likeness (QED) is 0.878. The molecule has 0 aromatic carbocycles. The summed E-state index contributed by atoms with van der Waals surface area (Å²) >= 11 is 0. The third kappa shape index (κ3) is 3.62. The molecule has 0 radical (unpaired) electrons. The van der Waals surface area contributed by atoms with Gasteiger partial charge in [-0.05, 0) is 37.7 Å². The molecule has 1 aromatic heterocycles. The molecule has 0 aliphatic heterocycles. The molecule has 0 amide bonds. The Morgan fingerprint density at radius 1 is 1.44 bits per heavy atom. The second-order valence-electron chi connectivity index (χ2n) is 5.92. The van der Waals surface area contributed by atoms with Crippen molar-refractivity contribution in [1.82, 2.24) is 4.98 Å². The van der Waals surface area contributed by atoms with E-state index in [4.69, 9.17) is 4.74 Å². The van der Waals surface area contributed by atoms with Crippen LogP contribution in [0.25, 0.3) is 0 Å². The lowest BCUT2D eigenvalue weighted by molar-refractivity contribution is 0.229. The number of aromatic nitrogens is 1. The lowest BCUT2D eigenvalue weighted by Crippen LogP contribution is -2.31. The highest BCUT2D eigenvalue weighted by molar-refractivity contribution is 5.43. The summed E-state index contributed by atoms with van der Waals surface area (Å²) in [5.74, 6) is 0.701. The predicted molar refractivity (Wildman–Crippen MR) is 75.1 cm³/mol. The van der Waals surface area contributed by atoms with E-state index in [1.54, 1.807) is 0 Å². The Morgan fingerprint density at radius 3 is 2.89 bits per heavy atom. The summed E-state index contributed by atoms with van der Waals surface area (Å²) < 4.78 is 5.35. The number of nitrogens with one attached hydrogen (secondary N) is 1. The number of rotatable bonds is 4. The summed E-state index contributed by atoms with van der Waals surface area (Å²) in [7, 11) is 0. The molecular formula is C15H24N2O. The standard InChI is InChI=1S/C15H24N2O/c1-4-18-14-8-7-13(11-16-14)17-12-6-5-9-15(2,3)10-12/h7-8,11-12,17H,4-6,9-10H2,1-3H3. The third-order valence-corrected chi connectivity index (χ3v) is 3.60. The van der Waals surface area contributed by atoms with Crippen molar-refractivity contribution in [2.45, 2.75) is 52.5 Å². The first kappa shape index (κ1) is 13.2. The van der Waals surface area contributed by atoms with Crippen LogP contribution in [0.2, 0.25) is 0 Å². The minimum Gasteiger partial charge on any atom is -0.478 e. The van der Waals surface area contributed by atoms with E-state index >= 15 is 0 Å². The molecule has 18 heavy (non-hydrogen) atoms. The van der Waals surface area contributed by atoms with Crippen molar-refractivity contribution < 1.29 is 4.74 Å². The number of hydrogen-bond acceptors (Lipinski definition) is 3. The summed E-state index contributed by atoms with van der Waals surface area (Å²) in [6.07, 6.45) is 7.02. The van der Waals surface area contributed by atoms with Gasteiger partial charge in [0.2, 0.25) is 5.88 Å². The van der Waals surface area contributed by atoms with Crippen LogP contribution >= 0.6 is 0 Å². The van der Waals surface area contributed by atoms with E-state index in [1.165, 1.54) is 25.7 Å². The van der Waals surface area contributed by atoms with Gasteiger partial charge in [-0.3, -0.25) is 0 Å². The van der Waals surface area contributed by atoms with E-state index in [0.717, 1.165) is 5.69 Å². The Balaban J connectivity index is 1.92. The van der Waals surface area contributed by atoms with Gasteiger partial charge in [0.05, 0.1) is 18.5 Å². The second-order valence-corrected chi connectivity index (χ2v) is 5.92. The SMILES string of the molecule is CCOc1ccc(NC2CCCC(C)(C)C2)cn1. The van der Waals surface area contributed by atoms with Crippen LogP contribution in [-0.4, -0.2) is 17.6 Å². The van der Waals surface area contributed by atoms with Crippen LogP contribution < -0.4 is 10.1 Å². The van der Waals surface area contributed by atoms with E-state index in [1.807, 2.05) is 19.2 Å². The van der Waals surface area contributed by atoms with Gasteiger partial charge in [0, 0.05) is 12.1 Å². The van der Waals surface area contributed by atoms with Crippen LogP contribution in [0.15, 0.2) is 18.3 Å². The zero-order valence-electron chi connectivity index (χ0n) is 11.7. The minimum absolute atomic E-state index is 0.467.